The van der Waals surface area contributed by atoms with E-state index in [1.165, 1.54) is 180 Å². The van der Waals surface area contributed by atoms with Gasteiger partial charge in [0.15, 0.2) is 0 Å². The fourth-order valence-corrected chi connectivity index (χ4v) is 5.62. The minimum atomic E-state index is 1.22. The van der Waals surface area contributed by atoms with E-state index in [-0.39, 0.29) is 0 Å². The highest BCUT2D eigenvalue weighted by Gasteiger charge is 2.16. The van der Waals surface area contributed by atoms with E-state index in [0.29, 0.717) is 0 Å². The standard InChI is InChI=1S/C34H67N2/c1-4-7-10-13-15-17-18-19-20-22-24-26-29-34-35(30-27-12-9-6-3)32-33-36(34)31-28-25-23-21-16-14-11-8-5-2/h32-33H,4-31H2,1-3H3/q+1. The molecule has 0 fully saturated rings. The first kappa shape index (κ1) is 33.2. The van der Waals surface area contributed by atoms with Gasteiger partial charge in [-0.15, -0.1) is 0 Å². The summed E-state index contributed by atoms with van der Waals surface area (Å²) in [6.07, 6.45) is 41.5. The first-order chi connectivity index (χ1) is 17.8. The molecule has 2 heteroatoms. The molecule has 0 N–H and O–H groups in total. The lowest BCUT2D eigenvalue weighted by Gasteiger charge is -2.07. The summed E-state index contributed by atoms with van der Waals surface area (Å²) in [5, 5.41) is 0. The Bertz CT molecular complexity index is 562. The molecule has 0 aromatic carbocycles. The number of rotatable bonds is 28. The van der Waals surface area contributed by atoms with E-state index in [2.05, 4.69) is 42.3 Å². The Kier molecular flexibility index (Phi) is 23.9. The number of hydrogen-bond acceptors (Lipinski definition) is 0. The maximum atomic E-state index is 2.61. The Balaban J connectivity index is 2.26. The van der Waals surface area contributed by atoms with Crippen molar-refractivity contribution in [2.75, 3.05) is 0 Å². The smallest absolute Gasteiger partial charge is 0.234 e. The molecular formula is C34H67N2+. The molecule has 1 heterocycles. The van der Waals surface area contributed by atoms with Crippen LogP contribution in [0.4, 0.5) is 0 Å². The van der Waals surface area contributed by atoms with Gasteiger partial charge in [-0.1, -0.05) is 149 Å². The highest BCUT2D eigenvalue weighted by molar-refractivity contribution is 4.84. The molecule has 0 saturated carbocycles. The second-order valence-electron chi connectivity index (χ2n) is 11.6. The summed E-state index contributed by atoms with van der Waals surface area (Å²) in [5.41, 5.74) is 0. The van der Waals surface area contributed by atoms with Crippen molar-refractivity contribution in [3.05, 3.63) is 18.2 Å². The van der Waals surface area contributed by atoms with Crippen molar-refractivity contribution >= 4 is 0 Å². The summed E-state index contributed by atoms with van der Waals surface area (Å²) in [4.78, 5) is 0. The molecule has 212 valence electrons. The van der Waals surface area contributed by atoms with Crippen LogP contribution in [0.2, 0.25) is 0 Å². The van der Waals surface area contributed by atoms with E-state index in [4.69, 9.17) is 0 Å². The van der Waals surface area contributed by atoms with Gasteiger partial charge in [0.25, 0.3) is 5.82 Å². The molecule has 0 spiro atoms. The van der Waals surface area contributed by atoms with Gasteiger partial charge in [0.2, 0.25) is 0 Å². The van der Waals surface area contributed by atoms with Gasteiger partial charge < -0.3 is 0 Å². The topological polar surface area (TPSA) is 8.81 Å². The van der Waals surface area contributed by atoms with E-state index >= 15 is 0 Å². The van der Waals surface area contributed by atoms with Crippen LogP contribution in [0.25, 0.3) is 0 Å². The number of nitrogens with zero attached hydrogens (tertiary/aromatic N) is 2. The van der Waals surface area contributed by atoms with Gasteiger partial charge in [-0.25, -0.2) is 9.13 Å². The Morgan fingerprint density at radius 1 is 0.472 bits per heavy atom. The Morgan fingerprint density at radius 2 is 0.861 bits per heavy atom. The molecule has 0 amide bonds. The number of aryl methyl sites for hydroxylation is 2. The third kappa shape index (κ3) is 18.5. The Hall–Kier alpha value is -0.790. The monoisotopic (exact) mass is 504 g/mol. The predicted octanol–water partition coefficient (Wildman–Crippen LogP) is 11.1. The zero-order chi connectivity index (χ0) is 25.9. The van der Waals surface area contributed by atoms with Crippen LogP contribution in [0.1, 0.15) is 187 Å². The Morgan fingerprint density at radius 3 is 1.33 bits per heavy atom. The lowest BCUT2D eigenvalue weighted by atomic mass is 10.0. The zero-order valence-corrected chi connectivity index (χ0v) is 25.3. The van der Waals surface area contributed by atoms with Gasteiger partial charge >= 0.3 is 0 Å². The largest absolute Gasteiger partial charge is 0.256 e. The van der Waals surface area contributed by atoms with Crippen molar-refractivity contribution in [1.29, 1.82) is 0 Å². The summed E-state index contributed by atoms with van der Waals surface area (Å²) in [5.74, 6) is 1.61. The van der Waals surface area contributed by atoms with Crippen molar-refractivity contribution in [2.45, 2.75) is 201 Å². The van der Waals surface area contributed by atoms with E-state index in [1.807, 2.05) is 0 Å². The normalized spacial score (nSPS) is 11.5. The maximum Gasteiger partial charge on any atom is 0.256 e. The van der Waals surface area contributed by atoms with Crippen LogP contribution in [-0.2, 0) is 19.5 Å². The number of unbranched alkanes of at least 4 members (excludes halogenated alkanes) is 22. The van der Waals surface area contributed by atoms with Crippen LogP contribution in [0, 0.1) is 0 Å². The van der Waals surface area contributed by atoms with Crippen LogP contribution in [0.5, 0.6) is 0 Å². The molecule has 0 aliphatic carbocycles. The van der Waals surface area contributed by atoms with Gasteiger partial charge in [-0.2, -0.15) is 0 Å². The second-order valence-corrected chi connectivity index (χ2v) is 11.6. The SMILES string of the molecule is CCCCCCCCCCCCCCc1n(CCCCCC)cc[n+]1CCCCCCCCCCC. The van der Waals surface area contributed by atoms with Gasteiger partial charge in [0.1, 0.15) is 12.4 Å². The highest BCUT2D eigenvalue weighted by atomic mass is 15.1. The zero-order valence-electron chi connectivity index (χ0n) is 25.3. The first-order valence-corrected chi connectivity index (χ1v) is 16.9. The molecule has 0 aliphatic heterocycles. The minimum absolute atomic E-state index is 1.22. The maximum absolute atomic E-state index is 2.61. The summed E-state index contributed by atoms with van der Waals surface area (Å²) in [7, 11) is 0. The van der Waals surface area contributed by atoms with E-state index in [1.54, 1.807) is 5.82 Å². The molecule has 0 saturated heterocycles. The van der Waals surface area contributed by atoms with Gasteiger partial charge in [-0.3, -0.25) is 0 Å². The van der Waals surface area contributed by atoms with Crippen LogP contribution in [0.15, 0.2) is 12.4 Å². The highest BCUT2D eigenvalue weighted by Crippen LogP contribution is 2.14. The third-order valence-electron chi connectivity index (χ3n) is 8.10. The van der Waals surface area contributed by atoms with Crippen LogP contribution in [0.3, 0.4) is 0 Å². The molecule has 36 heavy (non-hydrogen) atoms. The lowest BCUT2D eigenvalue weighted by Crippen LogP contribution is -2.37. The van der Waals surface area contributed by atoms with Crippen LogP contribution < -0.4 is 4.57 Å². The molecule has 1 rings (SSSR count). The summed E-state index contributed by atoms with van der Waals surface area (Å²) in [6, 6.07) is 0. The molecule has 0 unspecified atom stereocenters. The summed E-state index contributed by atoms with van der Waals surface area (Å²) >= 11 is 0. The summed E-state index contributed by atoms with van der Waals surface area (Å²) < 4.78 is 5.21. The average Bonchev–Trinajstić information content (AvgIpc) is 3.27. The van der Waals surface area contributed by atoms with E-state index in [0.717, 1.165) is 0 Å². The van der Waals surface area contributed by atoms with Gasteiger partial charge in [0.05, 0.1) is 13.1 Å². The number of imidazole rings is 1. The van der Waals surface area contributed by atoms with Crippen molar-refractivity contribution in [1.82, 2.24) is 4.57 Å². The second kappa shape index (κ2) is 25.8. The average molecular weight is 504 g/mol. The van der Waals surface area contributed by atoms with Crippen molar-refractivity contribution in [3.8, 4) is 0 Å². The van der Waals surface area contributed by atoms with Crippen molar-refractivity contribution in [3.63, 3.8) is 0 Å². The molecule has 0 atom stereocenters. The van der Waals surface area contributed by atoms with Crippen LogP contribution >= 0.6 is 0 Å². The first-order valence-electron chi connectivity index (χ1n) is 16.9. The van der Waals surface area contributed by atoms with E-state index in [9.17, 15) is 0 Å². The third-order valence-corrected chi connectivity index (χ3v) is 8.10. The van der Waals surface area contributed by atoms with Crippen molar-refractivity contribution < 1.29 is 4.57 Å². The van der Waals surface area contributed by atoms with Crippen molar-refractivity contribution in [2.24, 2.45) is 0 Å². The molecular weight excluding hydrogens is 436 g/mol. The predicted molar refractivity (Wildman–Crippen MR) is 161 cm³/mol. The lowest BCUT2D eigenvalue weighted by molar-refractivity contribution is -0.704. The van der Waals surface area contributed by atoms with Crippen LogP contribution in [-0.4, -0.2) is 4.57 Å². The number of aromatic nitrogens is 2. The fourth-order valence-electron chi connectivity index (χ4n) is 5.62. The molecule has 0 radical (unpaired) electrons. The van der Waals surface area contributed by atoms with E-state index < -0.39 is 0 Å². The molecule has 1 aromatic heterocycles. The molecule has 2 nitrogen and oxygen atoms in total. The molecule has 0 bridgehead atoms. The Labute approximate surface area is 228 Å². The van der Waals surface area contributed by atoms with Gasteiger partial charge in [-0.05, 0) is 32.1 Å². The minimum Gasteiger partial charge on any atom is -0.234 e. The molecule has 0 aliphatic rings. The summed E-state index contributed by atoms with van der Waals surface area (Å²) in [6.45, 7) is 9.38. The van der Waals surface area contributed by atoms with Gasteiger partial charge in [0, 0.05) is 6.42 Å². The number of hydrogen-bond donors (Lipinski definition) is 0. The quantitative estimate of drug-likeness (QED) is 0.0794. The molecule has 1 aromatic rings. The fraction of sp³-hybridized carbons (Fsp3) is 0.912.